The van der Waals surface area contributed by atoms with E-state index in [9.17, 15) is 9.59 Å². The van der Waals surface area contributed by atoms with Crippen molar-refractivity contribution in [2.24, 2.45) is 5.10 Å². The standard InChI is InChI=1S/C12H13ClN2O3/c1-2-18-12(17)7-11(16)8-14-15-10-5-3-9(13)4-6-10/h3-6,8,15H,2,7H2,1H3/b14-8+. The number of anilines is 1. The quantitative estimate of drug-likeness (QED) is 0.372. The van der Waals surface area contributed by atoms with E-state index in [4.69, 9.17) is 11.6 Å². The van der Waals surface area contributed by atoms with Crippen LogP contribution in [0.2, 0.25) is 5.02 Å². The Morgan fingerprint density at radius 2 is 2.06 bits per heavy atom. The van der Waals surface area contributed by atoms with Gasteiger partial charge in [0, 0.05) is 5.02 Å². The molecule has 0 spiro atoms. The number of nitrogens with one attached hydrogen (secondary N) is 1. The first kappa shape index (κ1) is 14.2. The maximum absolute atomic E-state index is 11.3. The van der Waals surface area contributed by atoms with Gasteiger partial charge in [-0.05, 0) is 31.2 Å². The lowest BCUT2D eigenvalue weighted by atomic mass is 10.3. The van der Waals surface area contributed by atoms with Gasteiger partial charge in [-0.3, -0.25) is 15.0 Å². The van der Waals surface area contributed by atoms with Gasteiger partial charge in [-0.2, -0.15) is 5.10 Å². The molecule has 0 aliphatic rings. The van der Waals surface area contributed by atoms with Crippen molar-refractivity contribution < 1.29 is 14.3 Å². The summed E-state index contributed by atoms with van der Waals surface area (Å²) in [6, 6.07) is 6.82. The van der Waals surface area contributed by atoms with Crippen LogP contribution in [0.5, 0.6) is 0 Å². The summed E-state index contributed by atoms with van der Waals surface area (Å²) in [5.74, 6) is -0.977. The first-order chi connectivity index (χ1) is 8.61. The molecule has 0 saturated heterocycles. The third-order valence-corrected chi connectivity index (χ3v) is 2.12. The van der Waals surface area contributed by atoms with E-state index < -0.39 is 11.8 Å². The van der Waals surface area contributed by atoms with Gasteiger partial charge in [-0.1, -0.05) is 11.6 Å². The fourth-order valence-corrected chi connectivity index (χ4v) is 1.23. The van der Waals surface area contributed by atoms with Crippen LogP contribution >= 0.6 is 11.6 Å². The maximum Gasteiger partial charge on any atom is 0.313 e. The van der Waals surface area contributed by atoms with Crippen molar-refractivity contribution in [2.45, 2.75) is 13.3 Å². The van der Waals surface area contributed by atoms with Crippen LogP contribution in [-0.4, -0.2) is 24.6 Å². The van der Waals surface area contributed by atoms with Gasteiger partial charge in [0.1, 0.15) is 6.42 Å². The molecule has 0 amide bonds. The summed E-state index contributed by atoms with van der Waals surface area (Å²) < 4.78 is 4.63. The molecular formula is C12H13ClN2O3. The summed E-state index contributed by atoms with van der Waals surface area (Å²) in [5.41, 5.74) is 3.34. The molecule has 0 aliphatic heterocycles. The van der Waals surface area contributed by atoms with E-state index in [2.05, 4.69) is 15.3 Å². The summed E-state index contributed by atoms with van der Waals surface area (Å²) in [5, 5.41) is 4.32. The lowest BCUT2D eigenvalue weighted by Gasteiger charge is -1.99. The molecule has 6 heteroatoms. The summed E-state index contributed by atoms with van der Waals surface area (Å²) in [6.07, 6.45) is 0.741. The molecule has 0 aromatic heterocycles. The number of rotatable bonds is 6. The Balaban J connectivity index is 2.38. The highest BCUT2D eigenvalue weighted by Crippen LogP contribution is 2.12. The van der Waals surface area contributed by atoms with E-state index in [1.807, 2.05) is 0 Å². The van der Waals surface area contributed by atoms with Crippen LogP contribution in [-0.2, 0) is 14.3 Å². The van der Waals surface area contributed by atoms with E-state index in [0.29, 0.717) is 10.7 Å². The number of Topliss-reactive ketones (excluding diaryl/α,β-unsaturated/α-hetero) is 1. The fraction of sp³-hybridized carbons (Fsp3) is 0.250. The van der Waals surface area contributed by atoms with Crippen molar-refractivity contribution in [3.05, 3.63) is 29.3 Å². The summed E-state index contributed by atoms with van der Waals surface area (Å²) in [6.45, 7) is 1.94. The predicted octanol–water partition coefficient (Wildman–Crippen LogP) is 2.26. The Kier molecular flexibility index (Phi) is 5.87. The van der Waals surface area contributed by atoms with E-state index >= 15 is 0 Å². The first-order valence-corrected chi connectivity index (χ1v) is 5.72. The molecule has 1 rings (SSSR count). The molecule has 0 saturated carbocycles. The number of hydrogen-bond acceptors (Lipinski definition) is 5. The van der Waals surface area contributed by atoms with Crippen LogP contribution in [0.4, 0.5) is 5.69 Å². The van der Waals surface area contributed by atoms with Crippen molar-refractivity contribution in [3.63, 3.8) is 0 Å². The van der Waals surface area contributed by atoms with Gasteiger partial charge >= 0.3 is 5.97 Å². The SMILES string of the molecule is CCOC(=O)CC(=O)/C=N/Nc1ccc(Cl)cc1. The van der Waals surface area contributed by atoms with E-state index in [0.717, 1.165) is 6.21 Å². The van der Waals surface area contributed by atoms with Crippen LogP contribution in [0.15, 0.2) is 29.4 Å². The van der Waals surface area contributed by atoms with Gasteiger partial charge in [0.25, 0.3) is 0 Å². The average molecular weight is 269 g/mol. The maximum atomic E-state index is 11.3. The molecule has 0 radical (unpaired) electrons. The Hall–Kier alpha value is -1.88. The lowest BCUT2D eigenvalue weighted by molar-refractivity contribution is -0.144. The number of ether oxygens (including phenoxy) is 1. The zero-order valence-electron chi connectivity index (χ0n) is 9.85. The highest BCUT2D eigenvalue weighted by molar-refractivity contribution is 6.31. The monoisotopic (exact) mass is 268 g/mol. The van der Waals surface area contributed by atoms with Crippen LogP contribution in [0.3, 0.4) is 0 Å². The normalized spacial score (nSPS) is 10.3. The summed E-state index contributed by atoms with van der Waals surface area (Å²) >= 11 is 5.71. The number of ketones is 1. The molecular weight excluding hydrogens is 256 g/mol. The molecule has 5 nitrogen and oxygen atoms in total. The predicted molar refractivity (Wildman–Crippen MR) is 69.8 cm³/mol. The number of esters is 1. The molecule has 18 heavy (non-hydrogen) atoms. The molecule has 0 aliphatic carbocycles. The smallest absolute Gasteiger partial charge is 0.313 e. The van der Waals surface area contributed by atoms with Gasteiger partial charge in [0.2, 0.25) is 0 Å². The van der Waals surface area contributed by atoms with E-state index in [1.54, 1.807) is 31.2 Å². The number of halogens is 1. The Morgan fingerprint density at radius 1 is 1.39 bits per heavy atom. The second-order valence-electron chi connectivity index (χ2n) is 3.33. The van der Waals surface area contributed by atoms with Crippen molar-refractivity contribution in [1.82, 2.24) is 0 Å². The topological polar surface area (TPSA) is 67.8 Å². The molecule has 0 atom stereocenters. The number of carbonyl (C=O) groups is 2. The lowest BCUT2D eigenvalue weighted by Crippen LogP contribution is -2.12. The van der Waals surface area contributed by atoms with Gasteiger partial charge < -0.3 is 4.74 Å². The zero-order valence-corrected chi connectivity index (χ0v) is 10.6. The second-order valence-corrected chi connectivity index (χ2v) is 3.76. The minimum Gasteiger partial charge on any atom is -0.466 e. The molecule has 0 unspecified atom stereocenters. The Labute approximate surface area is 110 Å². The number of hydrazone groups is 1. The highest BCUT2D eigenvalue weighted by Gasteiger charge is 2.07. The van der Waals surface area contributed by atoms with Crippen molar-refractivity contribution in [2.75, 3.05) is 12.0 Å². The molecule has 0 heterocycles. The second kappa shape index (κ2) is 7.45. The van der Waals surface area contributed by atoms with Crippen LogP contribution in [0.1, 0.15) is 13.3 Å². The van der Waals surface area contributed by atoms with Crippen molar-refractivity contribution >= 4 is 35.3 Å². The van der Waals surface area contributed by atoms with Gasteiger partial charge in [-0.15, -0.1) is 0 Å². The third kappa shape index (κ3) is 5.45. The molecule has 1 aromatic rings. The van der Waals surface area contributed by atoms with Crippen molar-refractivity contribution in [1.29, 1.82) is 0 Å². The zero-order chi connectivity index (χ0) is 13.4. The van der Waals surface area contributed by atoms with Gasteiger partial charge in [-0.25, -0.2) is 0 Å². The largest absolute Gasteiger partial charge is 0.466 e. The number of carbonyl (C=O) groups excluding carboxylic acids is 2. The van der Waals surface area contributed by atoms with E-state index in [-0.39, 0.29) is 13.0 Å². The molecule has 96 valence electrons. The van der Waals surface area contributed by atoms with Gasteiger partial charge in [0.05, 0.1) is 18.5 Å². The molecule has 0 fully saturated rings. The minimum absolute atomic E-state index is 0.256. The first-order valence-electron chi connectivity index (χ1n) is 5.35. The van der Waals surface area contributed by atoms with Crippen molar-refractivity contribution in [3.8, 4) is 0 Å². The summed E-state index contributed by atoms with van der Waals surface area (Å²) in [7, 11) is 0. The minimum atomic E-state index is -0.555. The Bertz CT molecular complexity index is 443. The molecule has 1 aromatic carbocycles. The molecule has 1 N–H and O–H groups in total. The number of hydrogen-bond donors (Lipinski definition) is 1. The highest BCUT2D eigenvalue weighted by atomic mass is 35.5. The Morgan fingerprint density at radius 3 is 2.67 bits per heavy atom. The average Bonchev–Trinajstić information content (AvgIpc) is 2.32. The van der Waals surface area contributed by atoms with Gasteiger partial charge in [0.15, 0.2) is 5.78 Å². The third-order valence-electron chi connectivity index (χ3n) is 1.87. The van der Waals surface area contributed by atoms with Crippen LogP contribution in [0.25, 0.3) is 0 Å². The molecule has 0 bridgehead atoms. The number of nitrogens with zero attached hydrogens (tertiary/aromatic N) is 1. The van der Waals surface area contributed by atoms with E-state index in [1.165, 1.54) is 0 Å². The fourth-order valence-electron chi connectivity index (χ4n) is 1.10. The number of benzene rings is 1. The van der Waals surface area contributed by atoms with Crippen LogP contribution in [0, 0.1) is 0 Å². The summed E-state index contributed by atoms with van der Waals surface area (Å²) in [4.78, 5) is 22.2. The van der Waals surface area contributed by atoms with Crippen LogP contribution < -0.4 is 5.43 Å².